The Morgan fingerprint density at radius 3 is 2.69 bits per heavy atom. The van der Waals surface area contributed by atoms with Gasteiger partial charge in [0.05, 0.1) is 12.7 Å². The van der Waals surface area contributed by atoms with Gasteiger partial charge in [-0.3, -0.25) is 10.2 Å². The molecule has 2 aliphatic heterocycles. The molecule has 0 saturated carbocycles. The lowest BCUT2D eigenvalue weighted by atomic mass is 10.1. The number of fused-ring (bicyclic) bond motifs is 1. The second-order valence-electron chi connectivity index (χ2n) is 8.14. The smallest absolute Gasteiger partial charge is 0.283 e. The van der Waals surface area contributed by atoms with Gasteiger partial charge in [-0.15, -0.1) is 0 Å². The molecule has 4 rings (SSSR count). The average molecular weight is 527 g/mol. The van der Waals surface area contributed by atoms with E-state index in [4.69, 9.17) is 31.2 Å². The first-order chi connectivity index (χ1) is 17.4. The van der Waals surface area contributed by atoms with Crippen molar-refractivity contribution in [3.63, 3.8) is 0 Å². The van der Waals surface area contributed by atoms with E-state index in [9.17, 15) is 4.79 Å². The normalized spacial score (nSPS) is 16.1. The maximum atomic E-state index is 12.7. The van der Waals surface area contributed by atoms with Gasteiger partial charge in [-0.1, -0.05) is 31.0 Å². The Morgan fingerprint density at radius 1 is 1.14 bits per heavy atom. The van der Waals surface area contributed by atoms with E-state index in [0.29, 0.717) is 40.5 Å². The van der Waals surface area contributed by atoms with Crippen LogP contribution in [-0.2, 0) is 4.79 Å². The van der Waals surface area contributed by atoms with Crippen LogP contribution < -0.4 is 14.2 Å². The molecule has 0 radical (unpaired) electrons. The van der Waals surface area contributed by atoms with E-state index in [1.54, 1.807) is 37.5 Å². The maximum absolute atomic E-state index is 12.7. The van der Waals surface area contributed by atoms with E-state index in [0.717, 1.165) is 35.6 Å². The number of benzene rings is 2. The standard InChI is InChI=1S/C26H27ClN4O4S/c1-4-5-6-23-30-31-24(28)19(25(32)29-26(31)36-23)14-17-7-10-21(22(15-17)33-3)35-12-11-34-18-8-9-20(27)16(2)13-18/h7-10,13-15,28H,4-6,11-12H2,1-3H3. The fourth-order valence-corrected chi connectivity index (χ4v) is 4.58. The molecule has 0 unspecified atom stereocenters. The Kier molecular flexibility index (Phi) is 8.32. The number of hydrazone groups is 1. The zero-order chi connectivity index (χ0) is 25.7. The molecule has 0 atom stereocenters. The van der Waals surface area contributed by atoms with E-state index in [1.807, 2.05) is 19.1 Å². The molecule has 0 bridgehead atoms. The molecule has 2 aromatic rings. The number of aliphatic imine (C=N–C) groups is 1. The van der Waals surface area contributed by atoms with Crippen molar-refractivity contribution in [1.82, 2.24) is 5.01 Å². The number of nitrogens with zero attached hydrogens (tertiary/aromatic N) is 3. The van der Waals surface area contributed by atoms with Crippen LogP contribution in [0.25, 0.3) is 6.08 Å². The number of rotatable bonds is 10. The molecular weight excluding hydrogens is 500 g/mol. The van der Waals surface area contributed by atoms with Gasteiger partial charge in [0.25, 0.3) is 5.91 Å². The first-order valence-corrected chi connectivity index (χ1v) is 12.8. The minimum absolute atomic E-state index is 0.0119. The van der Waals surface area contributed by atoms with Crippen LogP contribution in [0, 0.1) is 12.3 Å². The molecule has 0 aliphatic carbocycles. The highest BCUT2D eigenvalue weighted by molar-refractivity contribution is 8.26. The van der Waals surface area contributed by atoms with Crippen LogP contribution in [-0.4, -0.2) is 47.3 Å². The zero-order valence-electron chi connectivity index (χ0n) is 20.3. The Labute approximate surface area is 219 Å². The first kappa shape index (κ1) is 25.8. The number of carbonyl (C=O) groups is 1. The third kappa shape index (κ3) is 5.91. The number of hydrogen-bond donors (Lipinski definition) is 1. The summed E-state index contributed by atoms with van der Waals surface area (Å²) < 4.78 is 17.0. The molecule has 8 nitrogen and oxygen atoms in total. The summed E-state index contributed by atoms with van der Waals surface area (Å²) in [5.41, 5.74) is 1.79. The van der Waals surface area contributed by atoms with Crippen LogP contribution in [0.3, 0.4) is 0 Å². The molecule has 10 heteroatoms. The second-order valence-corrected chi connectivity index (χ2v) is 9.58. The largest absolute Gasteiger partial charge is 0.493 e. The fourth-order valence-electron chi connectivity index (χ4n) is 3.54. The van der Waals surface area contributed by atoms with Gasteiger partial charge in [0, 0.05) is 5.02 Å². The van der Waals surface area contributed by atoms with Crippen molar-refractivity contribution in [2.45, 2.75) is 33.1 Å². The zero-order valence-corrected chi connectivity index (χ0v) is 21.9. The molecule has 0 fully saturated rings. The molecule has 2 aliphatic rings. The van der Waals surface area contributed by atoms with Gasteiger partial charge in [0.1, 0.15) is 24.0 Å². The molecular formula is C26H27ClN4O4S. The minimum atomic E-state index is -0.459. The second kappa shape index (κ2) is 11.6. The van der Waals surface area contributed by atoms with Crippen LogP contribution in [0.4, 0.5) is 0 Å². The minimum Gasteiger partial charge on any atom is -0.493 e. The van der Waals surface area contributed by atoms with Crippen molar-refractivity contribution in [2.24, 2.45) is 10.1 Å². The van der Waals surface area contributed by atoms with E-state index >= 15 is 0 Å². The number of unbranched alkanes of at least 4 members (excludes halogenated alkanes) is 1. The van der Waals surface area contributed by atoms with Crippen LogP contribution in [0.5, 0.6) is 17.2 Å². The Hall–Kier alpha value is -3.30. The molecule has 0 spiro atoms. The summed E-state index contributed by atoms with van der Waals surface area (Å²) in [6.45, 7) is 4.68. The summed E-state index contributed by atoms with van der Waals surface area (Å²) >= 11 is 7.40. The highest BCUT2D eigenvalue weighted by atomic mass is 35.5. The molecule has 188 valence electrons. The van der Waals surface area contributed by atoms with E-state index in [-0.39, 0.29) is 11.4 Å². The number of nitrogens with one attached hydrogen (secondary N) is 1. The molecule has 1 N–H and O–H groups in total. The Bertz CT molecular complexity index is 1270. The van der Waals surface area contributed by atoms with Crippen LogP contribution >= 0.6 is 23.4 Å². The fraction of sp³-hybridized carbons (Fsp3) is 0.308. The third-order valence-electron chi connectivity index (χ3n) is 5.48. The molecule has 2 heterocycles. The summed E-state index contributed by atoms with van der Waals surface area (Å²) in [6, 6.07) is 10.8. The highest BCUT2D eigenvalue weighted by Gasteiger charge is 2.35. The number of aryl methyl sites for hydroxylation is 1. The lowest BCUT2D eigenvalue weighted by molar-refractivity contribution is -0.114. The van der Waals surface area contributed by atoms with E-state index < -0.39 is 5.91 Å². The predicted molar refractivity (Wildman–Crippen MR) is 145 cm³/mol. The van der Waals surface area contributed by atoms with Gasteiger partial charge in [0.2, 0.25) is 5.17 Å². The number of hydrogen-bond acceptors (Lipinski definition) is 7. The van der Waals surface area contributed by atoms with Gasteiger partial charge in [-0.05, 0) is 79.1 Å². The molecule has 1 amide bonds. The van der Waals surface area contributed by atoms with Crippen LogP contribution in [0.15, 0.2) is 52.1 Å². The van der Waals surface area contributed by atoms with Crippen molar-refractivity contribution in [3.05, 3.63) is 58.1 Å². The predicted octanol–water partition coefficient (Wildman–Crippen LogP) is 5.92. The lowest BCUT2D eigenvalue weighted by Gasteiger charge is -2.20. The lowest BCUT2D eigenvalue weighted by Crippen LogP contribution is -2.35. The number of amidine groups is 2. The summed E-state index contributed by atoms with van der Waals surface area (Å²) in [4.78, 5) is 16.8. The summed E-state index contributed by atoms with van der Waals surface area (Å²) in [6.07, 6.45) is 4.47. The topological polar surface area (TPSA) is 96.6 Å². The number of halogens is 1. The molecule has 2 aromatic carbocycles. The number of thioether (sulfide) groups is 1. The van der Waals surface area contributed by atoms with Crippen LogP contribution in [0.1, 0.15) is 37.3 Å². The summed E-state index contributed by atoms with van der Waals surface area (Å²) in [5, 5.41) is 16.4. The average Bonchev–Trinajstić information content (AvgIpc) is 3.28. The van der Waals surface area contributed by atoms with Crippen molar-refractivity contribution < 1.29 is 19.0 Å². The molecule has 0 aromatic heterocycles. The van der Waals surface area contributed by atoms with Crippen molar-refractivity contribution >= 4 is 51.4 Å². The SMILES string of the molecule is CCCCC1=NN2C(=N)C(=Cc3ccc(OCCOc4ccc(Cl)c(C)c4)c(OC)c3)C(=O)N=C2S1. The first-order valence-electron chi connectivity index (χ1n) is 11.6. The number of ether oxygens (including phenoxy) is 3. The summed E-state index contributed by atoms with van der Waals surface area (Å²) in [7, 11) is 1.55. The number of carbonyl (C=O) groups excluding carboxylic acids is 1. The van der Waals surface area contributed by atoms with Crippen molar-refractivity contribution in [1.29, 1.82) is 5.41 Å². The molecule has 36 heavy (non-hydrogen) atoms. The van der Waals surface area contributed by atoms with Crippen molar-refractivity contribution in [2.75, 3.05) is 20.3 Å². The van der Waals surface area contributed by atoms with Crippen LogP contribution in [0.2, 0.25) is 5.02 Å². The quantitative estimate of drug-likeness (QED) is 0.305. The van der Waals surface area contributed by atoms with E-state index in [2.05, 4.69) is 17.0 Å². The van der Waals surface area contributed by atoms with Crippen molar-refractivity contribution in [3.8, 4) is 17.2 Å². The van der Waals surface area contributed by atoms with Gasteiger partial charge in [0.15, 0.2) is 17.3 Å². The van der Waals surface area contributed by atoms with Gasteiger partial charge >= 0.3 is 0 Å². The Morgan fingerprint density at radius 2 is 1.94 bits per heavy atom. The number of amides is 1. The molecule has 0 saturated heterocycles. The Balaban J connectivity index is 1.42. The summed E-state index contributed by atoms with van der Waals surface area (Å²) in [5.74, 6) is 1.32. The van der Waals surface area contributed by atoms with E-state index in [1.165, 1.54) is 16.8 Å². The van der Waals surface area contributed by atoms with Gasteiger partial charge in [-0.2, -0.15) is 15.1 Å². The monoisotopic (exact) mass is 526 g/mol. The third-order valence-corrected chi connectivity index (χ3v) is 6.87. The van der Waals surface area contributed by atoms with Gasteiger partial charge in [-0.25, -0.2) is 0 Å². The maximum Gasteiger partial charge on any atom is 0.283 e. The number of methoxy groups -OCH3 is 1. The van der Waals surface area contributed by atoms with Gasteiger partial charge < -0.3 is 14.2 Å². The highest BCUT2D eigenvalue weighted by Crippen LogP contribution is 2.32.